The van der Waals surface area contributed by atoms with Crippen LogP contribution >= 0.6 is 11.6 Å². The summed E-state index contributed by atoms with van der Waals surface area (Å²) in [5.41, 5.74) is 10.4. The Kier molecular flexibility index (Phi) is 9.09. The Morgan fingerprint density at radius 3 is 2.29 bits per heavy atom. The van der Waals surface area contributed by atoms with Gasteiger partial charge in [0.05, 0.1) is 25.7 Å². The highest BCUT2D eigenvalue weighted by Gasteiger charge is 2.36. The van der Waals surface area contributed by atoms with Crippen LogP contribution in [0.3, 0.4) is 0 Å². The summed E-state index contributed by atoms with van der Waals surface area (Å²) < 4.78 is 11.9. The summed E-state index contributed by atoms with van der Waals surface area (Å²) in [6.45, 7) is 7.97. The van der Waals surface area contributed by atoms with Gasteiger partial charge in [-0.2, -0.15) is 0 Å². The molecule has 0 aromatic heterocycles. The Morgan fingerprint density at radius 2 is 1.69 bits per heavy atom. The van der Waals surface area contributed by atoms with E-state index < -0.39 is 0 Å². The van der Waals surface area contributed by atoms with Gasteiger partial charge in [-0.15, -0.1) is 0 Å². The summed E-state index contributed by atoms with van der Waals surface area (Å²) >= 11 is 6.26. The second-order valence-electron chi connectivity index (χ2n) is 11.4. The van der Waals surface area contributed by atoms with Gasteiger partial charge in [-0.3, -0.25) is 14.5 Å². The van der Waals surface area contributed by atoms with Crippen LogP contribution in [-0.2, 0) is 16.0 Å². The number of rotatable bonds is 9. The van der Waals surface area contributed by atoms with E-state index in [1.807, 2.05) is 60.4 Å². The predicted molar refractivity (Wildman–Crippen MR) is 166 cm³/mol. The maximum atomic E-state index is 13.9. The smallest absolute Gasteiger partial charge is 0.232 e. The molecule has 0 bridgehead atoms. The van der Waals surface area contributed by atoms with E-state index in [1.54, 1.807) is 7.11 Å². The largest absolute Gasteiger partial charge is 0.493 e. The molecule has 222 valence electrons. The highest BCUT2D eigenvalue weighted by atomic mass is 35.5. The molecule has 2 aliphatic rings. The van der Waals surface area contributed by atoms with Crippen LogP contribution in [0.2, 0.25) is 5.02 Å². The van der Waals surface area contributed by atoms with Gasteiger partial charge in [-0.1, -0.05) is 42.8 Å². The number of carbonyl (C=O) groups excluding carboxylic acids is 2. The second-order valence-corrected chi connectivity index (χ2v) is 11.8. The van der Waals surface area contributed by atoms with Crippen molar-refractivity contribution in [2.24, 2.45) is 11.7 Å². The summed E-state index contributed by atoms with van der Waals surface area (Å²) in [7, 11) is 1.63. The number of hydrogen-bond donors (Lipinski definition) is 1. The molecule has 2 heterocycles. The lowest BCUT2D eigenvalue weighted by Gasteiger charge is -2.38. The number of piperidine rings is 1. The van der Waals surface area contributed by atoms with Crippen molar-refractivity contribution >= 4 is 29.1 Å². The fourth-order valence-electron chi connectivity index (χ4n) is 6.07. The maximum absolute atomic E-state index is 13.9. The lowest BCUT2D eigenvalue weighted by Crippen LogP contribution is -2.41. The molecule has 1 fully saturated rings. The normalized spacial score (nSPS) is 19.2. The lowest BCUT2D eigenvalue weighted by molar-refractivity contribution is -0.123. The van der Waals surface area contributed by atoms with Crippen molar-refractivity contribution < 1.29 is 19.1 Å². The summed E-state index contributed by atoms with van der Waals surface area (Å²) in [5.74, 6) is 1.07. The van der Waals surface area contributed by atoms with Crippen molar-refractivity contribution in [3.63, 3.8) is 0 Å². The quantitative estimate of drug-likeness (QED) is 0.309. The molecule has 1 saturated heterocycles. The first-order valence-electron chi connectivity index (χ1n) is 14.8. The van der Waals surface area contributed by atoms with Crippen LogP contribution in [0.4, 0.5) is 5.69 Å². The second kappa shape index (κ2) is 12.8. The van der Waals surface area contributed by atoms with Crippen LogP contribution in [0.5, 0.6) is 11.5 Å². The van der Waals surface area contributed by atoms with E-state index in [2.05, 4.69) is 30.9 Å². The summed E-state index contributed by atoms with van der Waals surface area (Å²) in [6.07, 6.45) is 2.71. The van der Waals surface area contributed by atoms with Crippen LogP contribution in [0.15, 0.2) is 60.7 Å². The lowest BCUT2D eigenvalue weighted by atomic mass is 9.86. The van der Waals surface area contributed by atoms with Crippen LogP contribution in [0.1, 0.15) is 74.4 Å². The molecule has 3 aromatic rings. The van der Waals surface area contributed by atoms with Crippen LogP contribution in [0, 0.1) is 5.92 Å². The van der Waals surface area contributed by atoms with E-state index in [1.165, 1.54) is 0 Å². The number of nitrogens with two attached hydrogens (primary N) is 1. The molecule has 2 N–H and O–H groups in total. The van der Waals surface area contributed by atoms with Gasteiger partial charge >= 0.3 is 0 Å². The number of fused-ring (bicyclic) bond motifs is 1. The molecular formula is C34H40ClN3O4. The third-order valence-corrected chi connectivity index (χ3v) is 9.06. The third kappa shape index (κ3) is 6.13. The van der Waals surface area contributed by atoms with E-state index in [0.717, 1.165) is 60.3 Å². The molecule has 0 saturated carbocycles. The van der Waals surface area contributed by atoms with Gasteiger partial charge < -0.3 is 20.1 Å². The van der Waals surface area contributed by atoms with Crippen molar-refractivity contribution in [1.82, 2.24) is 4.90 Å². The number of halogens is 1. The zero-order chi connectivity index (χ0) is 30.0. The Bertz CT molecular complexity index is 1420. The molecule has 42 heavy (non-hydrogen) atoms. The van der Waals surface area contributed by atoms with E-state index >= 15 is 0 Å². The van der Waals surface area contributed by atoms with Gasteiger partial charge in [0.1, 0.15) is 0 Å². The SMILES string of the molecule is CC[C@@H](C)Oc1cc2c(cc1OC)CC(=O)N(c1ccc(C(C)N3CCC(C(N)=O)CC3)cc1)C2c1ccc(Cl)cc1. The first-order chi connectivity index (χ1) is 20.2. The van der Waals surface area contributed by atoms with Crippen LogP contribution in [0.25, 0.3) is 0 Å². The fourth-order valence-corrected chi connectivity index (χ4v) is 6.20. The first-order valence-corrected chi connectivity index (χ1v) is 15.2. The zero-order valence-electron chi connectivity index (χ0n) is 24.8. The molecule has 3 aromatic carbocycles. The standard InChI is InChI=1S/C34H40ClN3O4/c1-5-21(2)42-31-20-29-26(18-30(31)41-4)19-32(39)38(33(29)24-6-10-27(35)11-7-24)28-12-8-23(9-13-28)22(3)37-16-14-25(15-17-37)34(36)40/h6-13,18,20-22,25,33H,5,14-17,19H2,1-4H3,(H2,36,40)/t21-,22?,33?/m1/s1. The molecule has 7 nitrogen and oxygen atoms in total. The van der Waals surface area contributed by atoms with E-state index in [9.17, 15) is 9.59 Å². The number of benzene rings is 3. The number of nitrogens with zero attached hydrogens (tertiary/aromatic N) is 2. The number of ether oxygens (including phenoxy) is 2. The number of primary amides is 1. The highest BCUT2D eigenvalue weighted by Crippen LogP contribution is 2.44. The number of anilines is 1. The number of likely N-dealkylation sites (tertiary alicyclic amines) is 1. The predicted octanol–water partition coefficient (Wildman–Crippen LogP) is 6.46. The van der Waals surface area contributed by atoms with E-state index in [0.29, 0.717) is 16.5 Å². The van der Waals surface area contributed by atoms with Gasteiger partial charge in [0.2, 0.25) is 11.8 Å². The molecule has 0 radical (unpaired) electrons. The first kappa shape index (κ1) is 29.9. The molecule has 2 amide bonds. The van der Waals surface area contributed by atoms with Crippen molar-refractivity contribution in [3.05, 3.63) is 87.9 Å². The highest BCUT2D eigenvalue weighted by molar-refractivity contribution is 6.30. The molecule has 0 spiro atoms. The molecule has 8 heteroatoms. The van der Waals surface area contributed by atoms with Crippen molar-refractivity contribution in [1.29, 1.82) is 0 Å². The Labute approximate surface area is 253 Å². The van der Waals surface area contributed by atoms with Crippen molar-refractivity contribution in [2.45, 2.75) is 64.6 Å². The minimum atomic E-state index is -0.361. The summed E-state index contributed by atoms with van der Waals surface area (Å²) in [5, 5.41) is 0.640. The molecular weight excluding hydrogens is 550 g/mol. The van der Waals surface area contributed by atoms with Crippen LogP contribution in [-0.4, -0.2) is 43.0 Å². The van der Waals surface area contributed by atoms with Gasteiger partial charge in [-0.25, -0.2) is 0 Å². The minimum Gasteiger partial charge on any atom is -0.493 e. The maximum Gasteiger partial charge on any atom is 0.232 e. The summed E-state index contributed by atoms with van der Waals surface area (Å²) in [4.78, 5) is 29.7. The third-order valence-electron chi connectivity index (χ3n) is 8.81. The van der Waals surface area contributed by atoms with E-state index in [-0.39, 0.29) is 42.3 Å². The molecule has 3 atom stereocenters. The summed E-state index contributed by atoms with van der Waals surface area (Å²) in [6, 6.07) is 19.8. The number of carbonyl (C=O) groups is 2. The Balaban J connectivity index is 1.49. The van der Waals surface area contributed by atoms with Gasteiger partial charge in [-0.05, 0) is 105 Å². The van der Waals surface area contributed by atoms with Gasteiger partial charge in [0.25, 0.3) is 0 Å². The van der Waals surface area contributed by atoms with Crippen molar-refractivity contribution in [2.75, 3.05) is 25.1 Å². The monoisotopic (exact) mass is 589 g/mol. The van der Waals surface area contributed by atoms with Gasteiger partial charge in [0.15, 0.2) is 11.5 Å². The van der Waals surface area contributed by atoms with Crippen LogP contribution < -0.4 is 20.1 Å². The van der Waals surface area contributed by atoms with E-state index in [4.69, 9.17) is 26.8 Å². The fraction of sp³-hybridized carbons (Fsp3) is 0.412. The molecule has 2 aliphatic heterocycles. The minimum absolute atomic E-state index is 0.00872. The topological polar surface area (TPSA) is 85.1 Å². The zero-order valence-corrected chi connectivity index (χ0v) is 25.6. The Morgan fingerprint density at radius 1 is 1.02 bits per heavy atom. The Hall–Kier alpha value is -3.55. The van der Waals surface area contributed by atoms with Gasteiger partial charge in [0, 0.05) is 22.7 Å². The molecule has 5 rings (SSSR count). The number of hydrogen-bond acceptors (Lipinski definition) is 5. The number of methoxy groups -OCH3 is 1. The molecule has 0 aliphatic carbocycles. The average molecular weight is 590 g/mol. The van der Waals surface area contributed by atoms with Crippen molar-refractivity contribution in [3.8, 4) is 11.5 Å². The number of amides is 2. The average Bonchev–Trinajstić information content (AvgIpc) is 3.00. The molecule has 2 unspecified atom stereocenters.